The SMILES string of the molecule is C=C/C(C)=C\C(/C=C\C)=C(C)C.CC/C=C\CCc1cnc2ccccc2c1.c1ccc2ncc(-c3ccc(-c4ccc5ccc6c(-c7cnc8ccccc8c7)ccc7ccc4c5c76)cc3)cc2c1. The average Bonchev–Trinajstić information content (AvgIpc) is 3.41. The Bertz CT molecular complexity index is 3750. The van der Waals surface area contributed by atoms with Crippen LogP contribution in [0.25, 0.3) is 98.4 Å². The fourth-order valence-electron chi connectivity index (χ4n) is 9.22. The van der Waals surface area contributed by atoms with E-state index in [1.165, 1.54) is 82.2 Å². The number of para-hydroxylation sites is 3. The Labute approximate surface area is 413 Å². The molecule has 0 fully saturated rings. The first kappa shape index (κ1) is 46.8. The van der Waals surface area contributed by atoms with Gasteiger partial charge >= 0.3 is 0 Å². The van der Waals surface area contributed by atoms with Crippen LogP contribution in [0.1, 0.15) is 53.0 Å². The van der Waals surface area contributed by atoms with Gasteiger partial charge in [-0.25, -0.2) is 0 Å². The van der Waals surface area contributed by atoms with E-state index in [0.29, 0.717) is 0 Å². The zero-order valence-corrected chi connectivity index (χ0v) is 41.0. The first-order valence-corrected chi connectivity index (χ1v) is 24.4. The van der Waals surface area contributed by atoms with Gasteiger partial charge in [0.25, 0.3) is 0 Å². The van der Waals surface area contributed by atoms with Crippen molar-refractivity contribution in [2.24, 2.45) is 0 Å². The Morgan fingerprint density at radius 2 is 1.00 bits per heavy atom. The summed E-state index contributed by atoms with van der Waals surface area (Å²) in [5.74, 6) is 0. The number of benzene rings is 8. The molecule has 0 saturated carbocycles. The second-order valence-electron chi connectivity index (χ2n) is 18.1. The molecule has 0 aliphatic rings. The molecule has 8 aromatic carbocycles. The lowest BCUT2D eigenvalue weighted by Crippen LogP contribution is -1.90. The number of allylic oxidation sites excluding steroid dienone is 9. The molecule has 0 N–H and O–H groups in total. The summed E-state index contributed by atoms with van der Waals surface area (Å²) >= 11 is 0. The number of aromatic nitrogens is 3. The largest absolute Gasteiger partial charge is 0.256 e. The van der Waals surface area contributed by atoms with Crippen LogP contribution in [-0.2, 0) is 6.42 Å². The zero-order chi connectivity index (χ0) is 48.4. The average molecular weight is 906 g/mol. The van der Waals surface area contributed by atoms with E-state index in [1.54, 1.807) is 0 Å². The van der Waals surface area contributed by atoms with Crippen molar-refractivity contribution in [3.63, 3.8) is 0 Å². The molecule has 0 unspecified atom stereocenters. The van der Waals surface area contributed by atoms with E-state index in [4.69, 9.17) is 4.98 Å². The molecule has 0 aliphatic heterocycles. The molecule has 3 nitrogen and oxygen atoms in total. The van der Waals surface area contributed by atoms with Gasteiger partial charge in [0.05, 0.1) is 16.6 Å². The molecule has 0 radical (unpaired) electrons. The Balaban J connectivity index is 0.000000179. The summed E-state index contributed by atoms with van der Waals surface area (Å²) in [5, 5.41) is 11.3. The molecule has 3 aromatic heterocycles. The van der Waals surface area contributed by atoms with Gasteiger partial charge in [-0.3, -0.25) is 15.0 Å². The molecule has 0 bridgehead atoms. The van der Waals surface area contributed by atoms with Crippen LogP contribution in [0, 0.1) is 0 Å². The molecule has 0 saturated heterocycles. The number of rotatable bonds is 10. The van der Waals surface area contributed by atoms with Crippen molar-refractivity contribution in [3.8, 4) is 33.4 Å². The summed E-state index contributed by atoms with van der Waals surface area (Å²) < 4.78 is 0. The second kappa shape index (κ2) is 21.8. The van der Waals surface area contributed by atoms with Crippen molar-refractivity contribution in [1.82, 2.24) is 15.0 Å². The third-order valence-corrected chi connectivity index (χ3v) is 13.0. The first-order valence-electron chi connectivity index (χ1n) is 24.4. The summed E-state index contributed by atoms with van der Waals surface area (Å²) in [5.41, 5.74) is 15.4. The highest BCUT2D eigenvalue weighted by Crippen LogP contribution is 2.43. The third kappa shape index (κ3) is 10.4. The fraction of sp³-hybridized carbons (Fsp3) is 0.119. The molecule has 70 heavy (non-hydrogen) atoms. The summed E-state index contributed by atoms with van der Waals surface area (Å²) in [6.07, 6.45) is 21.9. The summed E-state index contributed by atoms with van der Waals surface area (Å²) in [4.78, 5) is 13.9. The molecular formula is C67H59N3. The monoisotopic (exact) mass is 905 g/mol. The normalized spacial score (nSPS) is 11.7. The van der Waals surface area contributed by atoms with Gasteiger partial charge < -0.3 is 0 Å². The van der Waals surface area contributed by atoms with Crippen LogP contribution in [0.3, 0.4) is 0 Å². The van der Waals surface area contributed by atoms with Crippen molar-refractivity contribution < 1.29 is 0 Å². The van der Waals surface area contributed by atoms with Gasteiger partial charge in [0.1, 0.15) is 0 Å². The van der Waals surface area contributed by atoms with Crippen molar-refractivity contribution in [1.29, 1.82) is 0 Å². The lowest BCUT2D eigenvalue weighted by molar-refractivity contribution is 0.985. The predicted molar refractivity (Wildman–Crippen MR) is 304 cm³/mol. The number of hydrogen-bond donors (Lipinski definition) is 0. The van der Waals surface area contributed by atoms with Crippen molar-refractivity contribution in [2.75, 3.05) is 0 Å². The maximum Gasteiger partial charge on any atom is 0.0702 e. The summed E-state index contributed by atoms with van der Waals surface area (Å²) in [6, 6.07) is 58.6. The highest BCUT2D eigenvalue weighted by atomic mass is 14.7. The summed E-state index contributed by atoms with van der Waals surface area (Å²) in [7, 11) is 0. The minimum absolute atomic E-state index is 1.02. The fourth-order valence-corrected chi connectivity index (χ4v) is 9.22. The van der Waals surface area contributed by atoms with Gasteiger partial charge in [-0.15, -0.1) is 0 Å². The van der Waals surface area contributed by atoms with Gasteiger partial charge in [-0.1, -0.05) is 188 Å². The number of nitrogens with zero attached hydrogens (tertiary/aromatic N) is 3. The molecule has 342 valence electrons. The van der Waals surface area contributed by atoms with E-state index in [-0.39, 0.29) is 0 Å². The molecule has 3 heterocycles. The standard InChI is InChI=1S/C40H24N2.C15H17N.C12H18/c1-3-7-37-29(5-1)21-31(23-41-37)25-9-11-26(12-10-25)33-17-13-27-16-20-36-34(18-14-28-15-19-35(33)39(27)40(28)36)32-22-30-6-2-4-8-38(30)42-24-32;1-2-3-4-5-8-13-11-14-9-6-7-10-15(14)16-12-13;1-6-8-12(10(3)4)9-11(5)7-2/h1-24H;3-4,6-7,9-12H,2,5,8H2,1H3;6-9H,2H2,1,3-5H3/b;4-3-;8-6-,11-9-. The minimum Gasteiger partial charge on any atom is -0.256 e. The van der Waals surface area contributed by atoms with Gasteiger partial charge in [0.15, 0.2) is 0 Å². The van der Waals surface area contributed by atoms with Gasteiger partial charge in [-0.05, 0) is 149 Å². The maximum atomic E-state index is 4.76. The number of pyridine rings is 3. The van der Waals surface area contributed by atoms with Gasteiger partial charge in [0.2, 0.25) is 0 Å². The summed E-state index contributed by atoms with van der Waals surface area (Å²) in [6.45, 7) is 14.2. The molecule has 0 amide bonds. The minimum atomic E-state index is 1.02. The van der Waals surface area contributed by atoms with Crippen molar-refractivity contribution in [3.05, 3.63) is 248 Å². The Kier molecular flexibility index (Phi) is 14.6. The quantitative estimate of drug-likeness (QED) is 0.0780. The van der Waals surface area contributed by atoms with Crippen LogP contribution in [-0.4, -0.2) is 15.0 Å². The van der Waals surface area contributed by atoms with Crippen LogP contribution >= 0.6 is 0 Å². The molecule has 3 heteroatoms. The van der Waals surface area contributed by atoms with Crippen LogP contribution < -0.4 is 0 Å². The van der Waals surface area contributed by atoms with E-state index < -0.39 is 0 Å². The van der Waals surface area contributed by atoms with Gasteiger partial charge in [0, 0.05) is 45.9 Å². The first-order chi connectivity index (χ1) is 34.3. The smallest absolute Gasteiger partial charge is 0.0702 e. The second-order valence-corrected chi connectivity index (χ2v) is 18.1. The Morgan fingerprint density at radius 1 is 0.500 bits per heavy atom. The predicted octanol–water partition coefficient (Wildman–Crippen LogP) is 18.8. The van der Waals surface area contributed by atoms with Crippen molar-refractivity contribution >= 4 is 65.0 Å². The lowest BCUT2D eigenvalue weighted by atomic mass is 9.87. The van der Waals surface area contributed by atoms with Crippen molar-refractivity contribution in [2.45, 2.75) is 53.9 Å². The molecule has 0 aliphatic carbocycles. The number of hydrogen-bond acceptors (Lipinski definition) is 3. The van der Waals surface area contributed by atoms with E-state index in [0.717, 1.165) is 57.7 Å². The Hall–Kier alpha value is -8.27. The Morgan fingerprint density at radius 3 is 1.56 bits per heavy atom. The molecule has 0 atom stereocenters. The molecule has 0 spiro atoms. The zero-order valence-electron chi connectivity index (χ0n) is 41.0. The third-order valence-electron chi connectivity index (χ3n) is 13.0. The lowest BCUT2D eigenvalue weighted by Gasteiger charge is -2.17. The molecule has 11 rings (SSSR count). The maximum absolute atomic E-state index is 4.76. The van der Waals surface area contributed by atoms with Gasteiger partial charge in [-0.2, -0.15) is 0 Å². The van der Waals surface area contributed by atoms with Crippen LogP contribution in [0.15, 0.2) is 242 Å². The van der Waals surface area contributed by atoms with E-state index in [9.17, 15) is 0 Å². The molecule has 11 aromatic rings. The molecular weight excluding hydrogens is 847 g/mol. The highest BCUT2D eigenvalue weighted by Gasteiger charge is 2.15. The van der Waals surface area contributed by atoms with Crippen LogP contribution in [0.2, 0.25) is 0 Å². The van der Waals surface area contributed by atoms with Crippen LogP contribution in [0.5, 0.6) is 0 Å². The van der Waals surface area contributed by atoms with E-state index in [2.05, 4.69) is 220 Å². The van der Waals surface area contributed by atoms with E-state index >= 15 is 0 Å². The number of aryl methyl sites for hydroxylation is 1. The number of fused-ring (bicyclic) bond motifs is 3. The highest BCUT2D eigenvalue weighted by molar-refractivity contribution is 6.27. The van der Waals surface area contributed by atoms with E-state index in [1.807, 2.05) is 49.8 Å². The topological polar surface area (TPSA) is 38.7 Å². The van der Waals surface area contributed by atoms with Crippen LogP contribution in [0.4, 0.5) is 0 Å².